The molecule has 21 heavy (non-hydrogen) atoms. The van der Waals surface area contributed by atoms with Crippen molar-refractivity contribution < 1.29 is 0 Å². The largest absolute Gasteiger partial charge is 0.399 e. The lowest BCUT2D eigenvalue weighted by molar-refractivity contribution is 0.257. The minimum atomic E-state index is 0.598. The molecule has 0 fully saturated rings. The molecule has 2 N–H and O–H groups in total. The smallest absolute Gasteiger partial charge is 0.0595 e. The third-order valence-corrected chi connectivity index (χ3v) is 4.05. The van der Waals surface area contributed by atoms with E-state index in [2.05, 4.69) is 24.0 Å². The highest BCUT2D eigenvalue weighted by atomic mass is 35.5. The second-order valence-corrected chi connectivity index (χ2v) is 6.02. The van der Waals surface area contributed by atoms with E-state index in [1.807, 2.05) is 30.3 Å². The van der Waals surface area contributed by atoms with Crippen molar-refractivity contribution in [1.82, 2.24) is 4.90 Å². The summed E-state index contributed by atoms with van der Waals surface area (Å²) in [5.74, 6) is 0. The summed E-state index contributed by atoms with van der Waals surface area (Å²) in [6.45, 7) is 4.97. The van der Waals surface area contributed by atoms with Crippen molar-refractivity contribution in [2.75, 3.05) is 12.3 Å². The van der Waals surface area contributed by atoms with Crippen molar-refractivity contribution in [3.8, 4) is 0 Å². The zero-order chi connectivity index (χ0) is 15.2. The molecule has 0 aliphatic heterocycles. The van der Waals surface area contributed by atoms with Gasteiger partial charge in [-0.15, -0.1) is 0 Å². The highest BCUT2D eigenvalue weighted by molar-refractivity contribution is 6.42. The van der Waals surface area contributed by atoms with Crippen LogP contribution in [0.3, 0.4) is 0 Å². The first-order valence-electron chi connectivity index (χ1n) is 7.09. The molecular weight excluding hydrogens is 303 g/mol. The summed E-state index contributed by atoms with van der Waals surface area (Å²) in [5, 5.41) is 1.21. The van der Waals surface area contributed by atoms with Crippen LogP contribution in [0, 0.1) is 0 Å². The van der Waals surface area contributed by atoms with E-state index >= 15 is 0 Å². The normalized spacial score (nSPS) is 11.0. The second kappa shape index (κ2) is 7.69. The molecule has 4 heteroatoms. The van der Waals surface area contributed by atoms with E-state index in [0.29, 0.717) is 10.0 Å². The Hall–Kier alpha value is -1.22. The lowest BCUT2D eigenvalue weighted by Gasteiger charge is -2.22. The van der Waals surface area contributed by atoms with E-state index in [9.17, 15) is 0 Å². The lowest BCUT2D eigenvalue weighted by atomic mass is 10.1. The molecule has 0 saturated carbocycles. The molecule has 0 saturated heterocycles. The van der Waals surface area contributed by atoms with Gasteiger partial charge >= 0.3 is 0 Å². The molecule has 0 aliphatic rings. The molecule has 0 heterocycles. The van der Waals surface area contributed by atoms with Gasteiger partial charge in [-0.1, -0.05) is 48.3 Å². The number of nitrogen functional groups attached to an aromatic ring is 1. The van der Waals surface area contributed by atoms with Gasteiger partial charge in [0.25, 0.3) is 0 Å². The van der Waals surface area contributed by atoms with Crippen molar-refractivity contribution in [3.63, 3.8) is 0 Å². The van der Waals surface area contributed by atoms with Crippen molar-refractivity contribution >= 4 is 28.9 Å². The van der Waals surface area contributed by atoms with Crippen molar-refractivity contribution in [3.05, 3.63) is 63.6 Å². The molecule has 0 aliphatic carbocycles. The molecule has 0 amide bonds. The molecule has 0 radical (unpaired) electrons. The van der Waals surface area contributed by atoms with Gasteiger partial charge in [0.15, 0.2) is 0 Å². The quantitative estimate of drug-likeness (QED) is 0.759. The van der Waals surface area contributed by atoms with Gasteiger partial charge in [0.1, 0.15) is 0 Å². The van der Waals surface area contributed by atoms with Crippen LogP contribution in [-0.4, -0.2) is 11.4 Å². The number of hydrogen-bond donors (Lipinski definition) is 1. The summed E-state index contributed by atoms with van der Waals surface area (Å²) in [6, 6.07) is 13.9. The molecule has 0 aromatic heterocycles. The predicted molar refractivity (Wildman–Crippen MR) is 91.7 cm³/mol. The first-order valence-corrected chi connectivity index (χ1v) is 7.84. The van der Waals surface area contributed by atoms with Crippen LogP contribution in [0.4, 0.5) is 5.69 Å². The number of benzene rings is 2. The summed E-state index contributed by atoms with van der Waals surface area (Å²) >= 11 is 12.1. The predicted octanol–water partition coefficient (Wildman–Crippen LogP) is 4.99. The number of nitrogens with two attached hydrogens (primary N) is 1. The molecule has 0 unspecified atom stereocenters. The molecule has 2 aromatic rings. The number of halogens is 2. The molecule has 0 bridgehead atoms. The van der Waals surface area contributed by atoms with E-state index in [1.165, 1.54) is 11.1 Å². The van der Waals surface area contributed by atoms with Gasteiger partial charge < -0.3 is 5.73 Å². The molecule has 0 atom stereocenters. The molecule has 0 spiro atoms. The zero-order valence-electron chi connectivity index (χ0n) is 12.2. The van der Waals surface area contributed by atoms with Gasteiger partial charge in [0, 0.05) is 18.8 Å². The summed E-state index contributed by atoms with van der Waals surface area (Å²) in [5.41, 5.74) is 8.96. The topological polar surface area (TPSA) is 29.3 Å². The minimum absolute atomic E-state index is 0.598. The van der Waals surface area contributed by atoms with Crippen LogP contribution in [0.1, 0.15) is 24.5 Å². The van der Waals surface area contributed by atoms with Gasteiger partial charge in [-0.2, -0.15) is 0 Å². The van der Waals surface area contributed by atoms with Gasteiger partial charge in [0.2, 0.25) is 0 Å². The van der Waals surface area contributed by atoms with Crippen molar-refractivity contribution in [1.29, 1.82) is 0 Å². The number of nitrogens with zero attached hydrogens (tertiary/aromatic N) is 1. The summed E-state index contributed by atoms with van der Waals surface area (Å²) in [4.78, 5) is 2.39. The van der Waals surface area contributed by atoms with E-state index < -0.39 is 0 Å². The number of rotatable bonds is 6. The number of hydrogen-bond acceptors (Lipinski definition) is 2. The van der Waals surface area contributed by atoms with Gasteiger partial charge in [-0.3, -0.25) is 4.90 Å². The Balaban J connectivity index is 2.07. The third kappa shape index (κ3) is 4.92. The second-order valence-electron chi connectivity index (χ2n) is 5.20. The zero-order valence-corrected chi connectivity index (χ0v) is 13.7. The highest BCUT2D eigenvalue weighted by Gasteiger charge is 2.08. The summed E-state index contributed by atoms with van der Waals surface area (Å²) in [7, 11) is 0. The summed E-state index contributed by atoms with van der Waals surface area (Å²) < 4.78 is 0. The maximum absolute atomic E-state index is 6.09. The minimum Gasteiger partial charge on any atom is -0.399 e. The van der Waals surface area contributed by atoms with Gasteiger partial charge in [0.05, 0.1) is 10.0 Å². The molecule has 2 rings (SSSR count). The van der Waals surface area contributed by atoms with Crippen molar-refractivity contribution in [2.24, 2.45) is 0 Å². The van der Waals surface area contributed by atoms with Crippen LogP contribution in [0.25, 0.3) is 0 Å². The van der Waals surface area contributed by atoms with Gasteiger partial charge in [-0.05, 0) is 48.4 Å². The van der Waals surface area contributed by atoms with Crippen LogP contribution < -0.4 is 5.73 Å². The van der Waals surface area contributed by atoms with E-state index in [4.69, 9.17) is 28.9 Å². The van der Waals surface area contributed by atoms with E-state index in [1.54, 1.807) is 0 Å². The SMILES string of the molecule is CCCN(Cc1ccc(N)cc1)Cc1ccc(Cl)c(Cl)c1. The fourth-order valence-electron chi connectivity index (χ4n) is 2.31. The van der Waals surface area contributed by atoms with Crippen LogP contribution >= 0.6 is 23.2 Å². The Bertz CT molecular complexity index is 582. The lowest BCUT2D eigenvalue weighted by Crippen LogP contribution is -2.23. The Morgan fingerprint density at radius 3 is 2.14 bits per heavy atom. The fraction of sp³-hybridized carbons (Fsp3) is 0.294. The molecule has 2 aromatic carbocycles. The fourth-order valence-corrected chi connectivity index (χ4v) is 2.63. The molecule has 112 valence electrons. The van der Waals surface area contributed by atoms with Gasteiger partial charge in [-0.25, -0.2) is 0 Å². The molecular formula is C17H20Cl2N2. The van der Waals surface area contributed by atoms with Crippen LogP contribution in [-0.2, 0) is 13.1 Å². The van der Waals surface area contributed by atoms with E-state index in [0.717, 1.165) is 31.7 Å². The standard InChI is InChI=1S/C17H20Cl2N2/c1-2-9-21(11-13-3-6-15(20)7-4-13)12-14-5-8-16(18)17(19)10-14/h3-8,10H,2,9,11-12,20H2,1H3. The average molecular weight is 323 g/mol. The van der Waals surface area contributed by atoms with Crippen molar-refractivity contribution in [2.45, 2.75) is 26.4 Å². The van der Waals surface area contributed by atoms with Crippen LogP contribution in [0.15, 0.2) is 42.5 Å². The van der Waals surface area contributed by atoms with Crippen LogP contribution in [0.2, 0.25) is 10.0 Å². The maximum atomic E-state index is 6.09. The summed E-state index contributed by atoms with van der Waals surface area (Å²) in [6.07, 6.45) is 1.11. The molecule has 2 nitrogen and oxygen atoms in total. The third-order valence-electron chi connectivity index (χ3n) is 3.32. The first-order chi connectivity index (χ1) is 10.1. The Kier molecular flexibility index (Phi) is 5.92. The first kappa shape index (κ1) is 16.2. The average Bonchev–Trinajstić information content (AvgIpc) is 2.46. The maximum Gasteiger partial charge on any atom is 0.0595 e. The number of anilines is 1. The van der Waals surface area contributed by atoms with E-state index in [-0.39, 0.29) is 0 Å². The highest BCUT2D eigenvalue weighted by Crippen LogP contribution is 2.23. The Labute approximate surface area is 136 Å². The monoisotopic (exact) mass is 322 g/mol. The Morgan fingerprint density at radius 2 is 1.52 bits per heavy atom. The van der Waals surface area contributed by atoms with Crippen LogP contribution in [0.5, 0.6) is 0 Å². The Morgan fingerprint density at radius 1 is 0.905 bits per heavy atom.